The van der Waals surface area contributed by atoms with Crippen molar-refractivity contribution in [2.45, 2.75) is 44.8 Å². The number of amides is 1. The summed E-state index contributed by atoms with van der Waals surface area (Å²) >= 11 is 1.11. The summed E-state index contributed by atoms with van der Waals surface area (Å²) in [6.45, 7) is 3.09. The second-order valence-electron chi connectivity index (χ2n) is 7.43. The fourth-order valence-corrected chi connectivity index (χ4v) is 4.57. The van der Waals surface area contributed by atoms with E-state index in [1.54, 1.807) is 14.8 Å². The predicted molar refractivity (Wildman–Crippen MR) is 104 cm³/mol. The molecule has 0 saturated carbocycles. The van der Waals surface area contributed by atoms with Gasteiger partial charge in [-0.25, -0.2) is 0 Å². The largest absolute Gasteiger partial charge is 0.417 e. The van der Waals surface area contributed by atoms with Crippen LogP contribution in [0.4, 0.5) is 13.2 Å². The third-order valence-corrected chi connectivity index (χ3v) is 6.30. The van der Waals surface area contributed by atoms with Crippen molar-refractivity contribution in [3.8, 4) is 0 Å². The van der Waals surface area contributed by atoms with Crippen molar-refractivity contribution in [1.29, 1.82) is 0 Å². The van der Waals surface area contributed by atoms with E-state index in [1.165, 1.54) is 10.5 Å². The molecular weight excluding hydrogens is 419 g/mol. The van der Waals surface area contributed by atoms with Gasteiger partial charge < -0.3 is 9.47 Å². The van der Waals surface area contributed by atoms with Crippen LogP contribution >= 0.6 is 11.3 Å². The Bertz CT molecular complexity index is 1130. The molecule has 7 nitrogen and oxygen atoms in total. The molecule has 3 aromatic heterocycles. The van der Waals surface area contributed by atoms with E-state index in [9.17, 15) is 22.8 Å². The van der Waals surface area contributed by atoms with Crippen molar-refractivity contribution in [3.05, 3.63) is 50.5 Å². The molecule has 1 amide bonds. The number of carbonyl (C=O) groups excluding carboxylic acids is 1. The van der Waals surface area contributed by atoms with E-state index in [2.05, 4.69) is 10.2 Å². The van der Waals surface area contributed by atoms with E-state index >= 15 is 0 Å². The molecule has 0 aromatic carbocycles. The molecular formula is C19H20F3N5O2S. The summed E-state index contributed by atoms with van der Waals surface area (Å²) in [4.78, 5) is 26.1. The Balaban J connectivity index is 1.50. The Morgan fingerprint density at radius 2 is 2.10 bits per heavy atom. The molecule has 1 atom stereocenters. The molecule has 160 valence electrons. The number of rotatable bonds is 4. The molecule has 0 radical (unpaired) electrons. The minimum atomic E-state index is -4.46. The van der Waals surface area contributed by atoms with E-state index in [0.29, 0.717) is 37.5 Å². The van der Waals surface area contributed by atoms with E-state index < -0.39 is 11.7 Å². The van der Waals surface area contributed by atoms with E-state index in [0.717, 1.165) is 35.7 Å². The highest BCUT2D eigenvalue weighted by atomic mass is 32.1. The number of nitrogens with zero attached hydrogens (tertiary/aromatic N) is 5. The van der Waals surface area contributed by atoms with Gasteiger partial charge in [-0.1, -0.05) is 11.3 Å². The first kappa shape index (κ1) is 20.6. The molecule has 1 unspecified atom stereocenters. The molecule has 1 aliphatic rings. The number of aryl methyl sites for hydroxylation is 1. The maximum Gasteiger partial charge on any atom is 0.417 e. The fraction of sp³-hybridized carbons (Fsp3) is 0.474. The summed E-state index contributed by atoms with van der Waals surface area (Å²) in [6, 6.07) is 2.28. The molecule has 3 aromatic rings. The quantitative estimate of drug-likeness (QED) is 0.626. The number of hydrogen-bond acceptors (Lipinski definition) is 5. The molecule has 4 rings (SSSR count). The Morgan fingerprint density at radius 3 is 2.80 bits per heavy atom. The molecule has 1 saturated heterocycles. The third kappa shape index (κ3) is 3.98. The van der Waals surface area contributed by atoms with Crippen LogP contribution in [0, 0.1) is 6.92 Å². The summed E-state index contributed by atoms with van der Waals surface area (Å²) < 4.78 is 42.2. The van der Waals surface area contributed by atoms with Gasteiger partial charge in [0.15, 0.2) is 5.65 Å². The standard InChI is InChI=1S/C19H20F3N5O2S/c1-12-11-30-18(29)26(12)8-6-16(28)25-7-2-3-13(9-25)17-24-23-15-5-4-14(10-27(15)17)19(20,21)22/h4-5,10-11,13H,2-3,6-9H2,1H3. The highest BCUT2D eigenvalue weighted by Crippen LogP contribution is 2.31. The van der Waals surface area contributed by atoms with Crippen LogP contribution in [0.5, 0.6) is 0 Å². The molecule has 0 spiro atoms. The molecule has 1 fully saturated rings. The summed E-state index contributed by atoms with van der Waals surface area (Å²) in [6.07, 6.45) is -1.81. The lowest BCUT2D eigenvalue weighted by molar-refractivity contribution is -0.137. The van der Waals surface area contributed by atoms with Crippen molar-refractivity contribution in [1.82, 2.24) is 24.1 Å². The SMILES string of the molecule is Cc1csc(=O)n1CCC(=O)N1CCCC(c2nnc3ccc(C(F)(F)F)cn23)C1. The lowest BCUT2D eigenvalue weighted by Gasteiger charge is -2.32. The van der Waals surface area contributed by atoms with Crippen molar-refractivity contribution >= 4 is 22.9 Å². The average molecular weight is 439 g/mol. The van der Waals surface area contributed by atoms with Gasteiger partial charge in [0, 0.05) is 49.2 Å². The lowest BCUT2D eigenvalue weighted by Crippen LogP contribution is -2.40. The number of hydrogen-bond donors (Lipinski definition) is 0. The number of halogens is 3. The van der Waals surface area contributed by atoms with Gasteiger partial charge in [0.2, 0.25) is 5.91 Å². The molecule has 0 bridgehead atoms. The minimum Gasteiger partial charge on any atom is -0.342 e. The maximum atomic E-state index is 13.1. The van der Waals surface area contributed by atoms with Crippen LogP contribution in [0.15, 0.2) is 28.5 Å². The smallest absolute Gasteiger partial charge is 0.342 e. The summed E-state index contributed by atoms with van der Waals surface area (Å²) in [5, 5.41) is 9.85. The molecule has 0 N–H and O–H groups in total. The van der Waals surface area contributed by atoms with Gasteiger partial charge in [-0.2, -0.15) is 13.2 Å². The maximum absolute atomic E-state index is 13.1. The van der Waals surface area contributed by atoms with Crippen molar-refractivity contribution in [2.24, 2.45) is 0 Å². The van der Waals surface area contributed by atoms with Gasteiger partial charge in [-0.05, 0) is 31.9 Å². The van der Waals surface area contributed by atoms with Crippen LogP contribution < -0.4 is 4.87 Å². The second-order valence-corrected chi connectivity index (χ2v) is 8.25. The van der Waals surface area contributed by atoms with Crippen LogP contribution in [-0.4, -0.2) is 43.1 Å². The van der Waals surface area contributed by atoms with Gasteiger partial charge >= 0.3 is 11.0 Å². The van der Waals surface area contributed by atoms with Crippen LogP contribution in [0.25, 0.3) is 5.65 Å². The summed E-state index contributed by atoms with van der Waals surface area (Å²) in [5.41, 5.74) is 0.398. The third-order valence-electron chi connectivity index (χ3n) is 5.42. The fourth-order valence-electron chi connectivity index (χ4n) is 3.81. The van der Waals surface area contributed by atoms with Crippen molar-refractivity contribution in [3.63, 3.8) is 0 Å². The number of carbonyl (C=O) groups is 1. The predicted octanol–water partition coefficient (Wildman–Crippen LogP) is 3.08. The highest BCUT2D eigenvalue weighted by Gasteiger charge is 2.32. The zero-order valence-electron chi connectivity index (χ0n) is 16.2. The van der Waals surface area contributed by atoms with Crippen molar-refractivity contribution < 1.29 is 18.0 Å². The van der Waals surface area contributed by atoms with Gasteiger partial charge in [0.05, 0.1) is 5.56 Å². The van der Waals surface area contributed by atoms with E-state index in [1.807, 2.05) is 6.92 Å². The molecule has 11 heteroatoms. The summed E-state index contributed by atoms with van der Waals surface area (Å²) in [7, 11) is 0. The normalized spacial score (nSPS) is 17.6. The Kier molecular flexibility index (Phi) is 5.39. The van der Waals surface area contributed by atoms with Crippen LogP contribution in [0.3, 0.4) is 0 Å². The number of likely N-dealkylation sites (tertiary alicyclic amines) is 1. The van der Waals surface area contributed by atoms with Crippen LogP contribution in [0.2, 0.25) is 0 Å². The number of piperidine rings is 1. The number of alkyl halides is 3. The number of pyridine rings is 1. The van der Waals surface area contributed by atoms with Crippen molar-refractivity contribution in [2.75, 3.05) is 13.1 Å². The first-order valence-corrected chi connectivity index (χ1v) is 10.5. The first-order chi connectivity index (χ1) is 14.2. The van der Waals surface area contributed by atoms with Gasteiger partial charge in [0.1, 0.15) is 5.82 Å². The van der Waals surface area contributed by atoms with Crippen LogP contribution in [0.1, 0.15) is 42.3 Å². The van der Waals surface area contributed by atoms with Crippen LogP contribution in [-0.2, 0) is 17.5 Å². The minimum absolute atomic E-state index is 0.0815. The Labute approximate surface area is 173 Å². The van der Waals surface area contributed by atoms with E-state index in [4.69, 9.17) is 0 Å². The molecule has 30 heavy (non-hydrogen) atoms. The average Bonchev–Trinajstić information content (AvgIpc) is 3.28. The topological polar surface area (TPSA) is 72.5 Å². The molecule has 0 aliphatic carbocycles. The van der Waals surface area contributed by atoms with Gasteiger partial charge in [-0.15, -0.1) is 10.2 Å². The van der Waals surface area contributed by atoms with Gasteiger partial charge in [0.25, 0.3) is 0 Å². The number of thiazole rings is 1. The zero-order valence-corrected chi connectivity index (χ0v) is 17.0. The Hall–Kier alpha value is -2.69. The van der Waals surface area contributed by atoms with E-state index in [-0.39, 0.29) is 23.1 Å². The monoisotopic (exact) mass is 439 g/mol. The first-order valence-electron chi connectivity index (χ1n) is 9.58. The highest BCUT2D eigenvalue weighted by molar-refractivity contribution is 7.07. The molecule has 1 aliphatic heterocycles. The summed E-state index contributed by atoms with van der Waals surface area (Å²) in [5.74, 6) is 0.146. The van der Waals surface area contributed by atoms with Gasteiger partial charge in [-0.3, -0.25) is 14.0 Å². The molecule has 4 heterocycles. The zero-order chi connectivity index (χ0) is 21.5. The second kappa shape index (κ2) is 7.86. The number of aromatic nitrogens is 4. The lowest BCUT2D eigenvalue weighted by atomic mass is 9.97. The number of fused-ring (bicyclic) bond motifs is 1. The Morgan fingerprint density at radius 1 is 1.30 bits per heavy atom.